The van der Waals surface area contributed by atoms with Crippen molar-refractivity contribution in [1.82, 2.24) is 4.98 Å². The Morgan fingerprint density at radius 1 is 1.25 bits per heavy atom. The minimum atomic E-state index is 0.588. The monoisotopic (exact) mass is 234 g/mol. The minimum absolute atomic E-state index is 0.588. The standard InChI is InChI=1S/C13H18N2S/c1-10(2)16-13-7-6-11(9-15-13)12-5-3-4-8-14-12/h6-7,9-10H,3-5,8H2,1-2H3. The molecule has 0 fully saturated rings. The van der Waals surface area contributed by atoms with Gasteiger partial charge in [-0.1, -0.05) is 13.8 Å². The average Bonchev–Trinajstić information content (AvgIpc) is 2.30. The molecule has 1 aliphatic rings. The van der Waals surface area contributed by atoms with Gasteiger partial charge in [-0.3, -0.25) is 4.99 Å². The fourth-order valence-electron chi connectivity index (χ4n) is 1.80. The van der Waals surface area contributed by atoms with Gasteiger partial charge in [0.05, 0.1) is 5.03 Å². The average molecular weight is 234 g/mol. The maximum Gasteiger partial charge on any atom is 0.0962 e. The highest BCUT2D eigenvalue weighted by Crippen LogP contribution is 2.21. The van der Waals surface area contributed by atoms with Gasteiger partial charge in [0.15, 0.2) is 0 Å². The fraction of sp³-hybridized carbons (Fsp3) is 0.538. The van der Waals surface area contributed by atoms with Crippen molar-refractivity contribution in [3.63, 3.8) is 0 Å². The molecule has 1 aliphatic heterocycles. The molecule has 86 valence electrons. The van der Waals surface area contributed by atoms with Crippen LogP contribution < -0.4 is 0 Å². The molecule has 0 saturated heterocycles. The quantitative estimate of drug-likeness (QED) is 0.747. The highest BCUT2D eigenvalue weighted by atomic mass is 32.2. The van der Waals surface area contributed by atoms with E-state index in [0.717, 1.165) is 18.0 Å². The van der Waals surface area contributed by atoms with Crippen LogP contribution in [0.4, 0.5) is 0 Å². The summed E-state index contributed by atoms with van der Waals surface area (Å²) in [6.07, 6.45) is 5.58. The molecule has 0 aromatic carbocycles. The summed E-state index contributed by atoms with van der Waals surface area (Å²) in [6, 6.07) is 4.26. The van der Waals surface area contributed by atoms with E-state index in [0.29, 0.717) is 5.25 Å². The normalized spacial score (nSPS) is 16.3. The number of nitrogens with zero attached hydrogens (tertiary/aromatic N) is 2. The number of pyridine rings is 1. The van der Waals surface area contributed by atoms with Gasteiger partial charge in [0.2, 0.25) is 0 Å². The van der Waals surface area contributed by atoms with Crippen LogP contribution in [0.3, 0.4) is 0 Å². The van der Waals surface area contributed by atoms with E-state index in [4.69, 9.17) is 0 Å². The third kappa shape index (κ3) is 3.08. The third-order valence-corrected chi connectivity index (χ3v) is 3.50. The summed E-state index contributed by atoms with van der Waals surface area (Å²) in [5.74, 6) is 0. The molecule has 2 rings (SSSR count). The lowest BCUT2D eigenvalue weighted by Crippen LogP contribution is -2.08. The van der Waals surface area contributed by atoms with E-state index in [1.54, 1.807) is 11.8 Å². The molecule has 0 unspecified atom stereocenters. The van der Waals surface area contributed by atoms with Crippen LogP contribution in [0.2, 0.25) is 0 Å². The summed E-state index contributed by atoms with van der Waals surface area (Å²) in [6.45, 7) is 5.36. The highest BCUT2D eigenvalue weighted by molar-refractivity contribution is 7.99. The zero-order valence-electron chi connectivity index (χ0n) is 9.94. The topological polar surface area (TPSA) is 25.2 Å². The van der Waals surface area contributed by atoms with Crippen molar-refractivity contribution in [3.05, 3.63) is 23.9 Å². The molecule has 3 heteroatoms. The van der Waals surface area contributed by atoms with Gasteiger partial charge in [-0.15, -0.1) is 11.8 Å². The van der Waals surface area contributed by atoms with Crippen molar-refractivity contribution in [2.75, 3.05) is 6.54 Å². The Labute approximate surface area is 102 Å². The number of hydrogen-bond acceptors (Lipinski definition) is 3. The summed E-state index contributed by atoms with van der Waals surface area (Å²) < 4.78 is 0. The van der Waals surface area contributed by atoms with Crippen molar-refractivity contribution < 1.29 is 0 Å². The van der Waals surface area contributed by atoms with E-state index in [1.165, 1.54) is 24.1 Å². The summed E-state index contributed by atoms with van der Waals surface area (Å²) in [5, 5.41) is 1.69. The van der Waals surface area contributed by atoms with Crippen molar-refractivity contribution in [2.24, 2.45) is 4.99 Å². The summed E-state index contributed by atoms with van der Waals surface area (Å²) in [4.78, 5) is 9.04. The molecule has 0 N–H and O–H groups in total. The Bertz CT molecular complexity index is 368. The van der Waals surface area contributed by atoms with Crippen LogP contribution in [0, 0.1) is 0 Å². The summed E-state index contributed by atoms with van der Waals surface area (Å²) >= 11 is 1.80. The predicted molar refractivity (Wildman–Crippen MR) is 70.5 cm³/mol. The van der Waals surface area contributed by atoms with Gasteiger partial charge in [0.25, 0.3) is 0 Å². The molecule has 1 aromatic rings. The van der Waals surface area contributed by atoms with Gasteiger partial charge in [0.1, 0.15) is 0 Å². The van der Waals surface area contributed by atoms with Gasteiger partial charge in [-0.05, 0) is 31.4 Å². The minimum Gasteiger partial charge on any atom is -0.289 e. The lowest BCUT2D eigenvalue weighted by atomic mass is 10.0. The van der Waals surface area contributed by atoms with Crippen LogP contribution >= 0.6 is 11.8 Å². The van der Waals surface area contributed by atoms with Crippen LogP contribution in [0.15, 0.2) is 28.3 Å². The van der Waals surface area contributed by atoms with Gasteiger partial charge >= 0.3 is 0 Å². The van der Waals surface area contributed by atoms with Gasteiger partial charge < -0.3 is 0 Å². The van der Waals surface area contributed by atoms with E-state index < -0.39 is 0 Å². The van der Waals surface area contributed by atoms with E-state index in [1.807, 2.05) is 6.20 Å². The number of aromatic nitrogens is 1. The Morgan fingerprint density at radius 2 is 2.12 bits per heavy atom. The fourth-order valence-corrected chi connectivity index (χ4v) is 2.54. The Kier molecular flexibility index (Phi) is 3.99. The van der Waals surface area contributed by atoms with Crippen LogP contribution in [-0.4, -0.2) is 22.5 Å². The predicted octanol–water partition coefficient (Wildman–Crippen LogP) is 3.56. The first-order valence-corrected chi connectivity index (χ1v) is 6.80. The molecule has 0 spiro atoms. The molecular formula is C13H18N2S. The molecule has 0 saturated carbocycles. The third-order valence-electron chi connectivity index (χ3n) is 2.55. The molecule has 0 bridgehead atoms. The van der Waals surface area contributed by atoms with Gasteiger partial charge in [-0.25, -0.2) is 4.98 Å². The molecule has 0 amide bonds. The molecule has 0 radical (unpaired) electrons. The number of thioether (sulfide) groups is 1. The SMILES string of the molecule is CC(C)Sc1ccc(C2=NCCCC2)cn1. The van der Waals surface area contributed by atoms with Crippen molar-refractivity contribution in [2.45, 2.75) is 43.4 Å². The van der Waals surface area contributed by atoms with Crippen LogP contribution in [0.25, 0.3) is 0 Å². The van der Waals surface area contributed by atoms with E-state index in [9.17, 15) is 0 Å². The zero-order chi connectivity index (χ0) is 11.4. The molecule has 0 aliphatic carbocycles. The molecule has 2 nitrogen and oxygen atoms in total. The van der Waals surface area contributed by atoms with Gasteiger partial charge in [0, 0.05) is 29.3 Å². The zero-order valence-corrected chi connectivity index (χ0v) is 10.8. The van der Waals surface area contributed by atoms with E-state index >= 15 is 0 Å². The summed E-state index contributed by atoms with van der Waals surface area (Å²) in [5.41, 5.74) is 2.44. The smallest absolute Gasteiger partial charge is 0.0962 e. The first kappa shape index (κ1) is 11.6. The molecule has 0 atom stereocenters. The highest BCUT2D eigenvalue weighted by Gasteiger charge is 2.08. The molecule has 16 heavy (non-hydrogen) atoms. The second-order valence-corrected chi connectivity index (χ2v) is 5.93. The van der Waals surface area contributed by atoms with Crippen LogP contribution in [-0.2, 0) is 0 Å². The molecular weight excluding hydrogens is 216 g/mol. The maximum atomic E-state index is 4.56. The molecule has 2 heterocycles. The summed E-state index contributed by atoms with van der Waals surface area (Å²) in [7, 11) is 0. The second-order valence-electron chi connectivity index (χ2n) is 4.34. The Hall–Kier alpha value is -0.830. The van der Waals surface area contributed by atoms with Crippen molar-refractivity contribution >= 4 is 17.5 Å². The van der Waals surface area contributed by atoms with Gasteiger partial charge in [-0.2, -0.15) is 0 Å². The maximum absolute atomic E-state index is 4.56. The number of hydrogen-bond donors (Lipinski definition) is 0. The largest absolute Gasteiger partial charge is 0.289 e. The van der Waals surface area contributed by atoms with Crippen molar-refractivity contribution in [1.29, 1.82) is 0 Å². The first-order chi connectivity index (χ1) is 7.75. The second kappa shape index (κ2) is 5.48. The molecule has 1 aromatic heterocycles. The van der Waals surface area contributed by atoms with Crippen molar-refractivity contribution in [3.8, 4) is 0 Å². The van der Waals surface area contributed by atoms with Crippen LogP contribution in [0.1, 0.15) is 38.7 Å². The van der Waals surface area contributed by atoms with Crippen LogP contribution in [0.5, 0.6) is 0 Å². The number of rotatable bonds is 3. The Morgan fingerprint density at radius 3 is 2.69 bits per heavy atom. The Balaban J connectivity index is 2.09. The lowest BCUT2D eigenvalue weighted by Gasteiger charge is -2.12. The lowest BCUT2D eigenvalue weighted by molar-refractivity contribution is 0.738. The van der Waals surface area contributed by atoms with E-state index in [2.05, 4.69) is 36.0 Å². The first-order valence-electron chi connectivity index (χ1n) is 5.92. The number of aliphatic imine (C=N–C) groups is 1. The van der Waals surface area contributed by atoms with E-state index in [-0.39, 0.29) is 0 Å².